The smallest absolute Gasteiger partial charge is 0.283 e. The summed E-state index contributed by atoms with van der Waals surface area (Å²) in [4.78, 5) is 16.7. The Balaban J connectivity index is 1.39. The summed E-state index contributed by atoms with van der Waals surface area (Å²) in [5.41, 5.74) is 2.96. The highest BCUT2D eigenvalue weighted by Gasteiger charge is 2.25. The quantitative estimate of drug-likeness (QED) is 0.203. The molecule has 39 heavy (non-hydrogen) atoms. The van der Waals surface area contributed by atoms with Crippen LogP contribution in [-0.4, -0.2) is 39.7 Å². The van der Waals surface area contributed by atoms with E-state index in [9.17, 15) is 10.1 Å². The second-order valence-corrected chi connectivity index (χ2v) is 9.61. The summed E-state index contributed by atoms with van der Waals surface area (Å²) in [5.74, 6) is 1.27. The minimum absolute atomic E-state index is 0.0565. The molecule has 0 saturated heterocycles. The SMILES string of the molecule is Cn1c(Sc2ccc(C(Nc3ccccn3)n3nnc4ccccc43)cc2[N+](=O)[O-])nnc1-c1ccccc1. The molecular formula is C27H21N9O2S. The van der Waals surface area contributed by atoms with E-state index in [0.29, 0.717) is 32.8 Å². The summed E-state index contributed by atoms with van der Waals surface area (Å²) < 4.78 is 3.52. The average Bonchev–Trinajstić information content (AvgIpc) is 3.56. The molecular weight excluding hydrogens is 514 g/mol. The zero-order valence-electron chi connectivity index (χ0n) is 20.6. The molecule has 0 spiro atoms. The van der Waals surface area contributed by atoms with Gasteiger partial charge in [0, 0.05) is 30.4 Å². The number of nitro groups is 1. The molecule has 0 amide bonds. The third kappa shape index (κ3) is 4.80. The van der Waals surface area contributed by atoms with Crippen LogP contribution in [0.25, 0.3) is 22.4 Å². The molecule has 1 N–H and O–H groups in total. The number of nitrogens with one attached hydrogen (secondary N) is 1. The fourth-order valence-electron chi connectivity index (χ4n) is 4.23. The van der Waals surface area contributed by atoms with Gasteiger partial charge in [-0.1, -0.05) is 59.8 Å². The summed E-state index contributed by atoms with van der Waals surface area (Å²) >= 11 is 1.19. The number of nitrogens with zero attached hydrogens (tertiary/aromatic N) is 8. The predicted octanol–water partition coefficient (Wildman–Crippen LogP) is 5.34. The van der Waals surface area contributed by atoms with Crippen LogP contribution in [0.2, 0.25) is 0 Å². The van der Waals surface area contributed by atoms with Gasteiger partial charge in [-0.2, -0.15) is 0 Å². The average molecular weight is 536 g/mol. The highest BCUT2D eigenvalue weighted by atomic mass is 32.2. The number of benzene rings is 3. The van der Waals surface area contributed by atoms with Crippen LogP contribution in [0, 0.1) is 10.1 Å². The van der Waals surface area contributed by atoms with Crippen molar-refractivity contribution >= 4 is 34.3 Å². The molecule has 192 valence electrons. The second kappa shape index (κ2) is 10.3. The number of anilines is 1. The number of hydrogen-bond donors (Lipinski definition) is 1. The zero-order valence-corrected chi connectivity index (χ0v) is 21.4. The van der Waals surface area contributed by atoms with Crippen molar-refractivity contribution in [3.8, 4) is 11.4 Å². The van der Waals surface area contributed by atoms with E-state index in [0.717, 1.165) is 11.1 Å². The van der Waals surface area contributed by atoms with Crippen LogP contribution in [0.5, 0.6) is 0 Å². The van der Waals surface area contributed by atoms with Gasteiger partial charge in [-0.15, -0.1) is 15.3 Å². The van der Waals surface area contributed by atoms with E-state index in [1.54, 1.807) is 23.0 Å². The number of hydrogen-bond acceptors (Lipinski definition) is 9. The molecule has 1 unspecified atom stereocenters. The van der Waals surface area contributed by atoms with Gasteiger partial charge in [-0.3, -0.25) is 10.1 Å². The van der Waals surface area contributed by atoms with Gasteiger partial charge in [0.15, 0.2) is 11.0 Å². The maximum absolute atomic E-state index is 12.2. The fourth-order valence-corrected chi connectivity index (χ4v) is 5.10. The van der Waals surface area contributed by atoms with Gasteiger partial charge >= 0.3 is 0 Å². The van der Waals surface area contributed by atoms with Crippen LogP contribution in [0.4, 0.5) is 11.5 Å². The van der Waals surface area contributed by atoms with Crippen LogP contribution in [0.1, 0.15) is 11.7 Å². The van der Waals surface area contributed by atoms with Crippen molar-refractivity contribution in [2.45, 2.75) is 16.2 Å². The highest BCUT2D eigenvalue weighted by Crippen LogP contribution is 2.37. The summed E-state index contributed by atoms with van der Waals surface area (Å²) in [6.45, 7) is 0. The van der Waals surface area contributed by atoms with Crippen LogP contribution in [0.3, 0.4) is 0 Å². The minimum atomic E-state index is -0.607. The van der Waals surface area contributed by atoms with E-state index in [4.69, 9.17) is 0 Å². The Morgan fingerprint density at radius 3 is 2.51 bits per heavy atom. The molecule has 0 aliphatic heterocycles. The lowest BCUT2D eigenvalue weighted by atomic mass is 10.1. The first kappa shape index (κ1) is 24.2. The number of pyridine rings is 1. The van der Waals surface area contributed by atoms with Crippen molar-refractivity contribution in [1.82, 2.24) is 34.7 Å². The molecule has 3 aromatic heterocycles. The molecule has 1 atom stereocenters. The van der Waals surface area contributed by atoms with Crippen molar-refractivity contribution in [1.29, 1.82) is 0 Å². The molecule has 3 aromatic carbocycles. The molecule has 0 bridgehead atoms. The van der Waals surface area contributed by atoms with E-state index >= 15 is 0 Å². The summed E-state index contributed by atoms with van der Waals surface area (Å²) in [5, 5.41) is 33.3. The van der Waals surface area contributed by atoms with Gasteiger partial charge < -0.3 is 9.88 Å². The Labute approximate surface area is 226 Å². The van der Waals surface area contributed by atoms with Crippen molar-refractivity contribution in [2.24, 2.45) is 7.05 Å². The van der Waals surface area contributed by atoms with Gasteiger partial charge in [0.25, 0.3) is 5.69 Å². The van der Waals surface area contributed by atoms with Crippen molar-refractivity contribution in [3.63, 3.8) is 0 Å². The first-order chi connectivity index (χ1) is 19.1. The van der Waals surface area contributed by atoms with E-state index in [1.165, 1.54) is 11.8 Å². The van der Waals surface area contributed by atoms with Crippen LogP contribution in [-0.2, 0) is 7.05 Å². The molecule has 0 aliphatic rings. The lowest BCUT2D eigenvalue weighted by Gasteiger charge is -2.21. The third-order valence-electron chi connectivity index (χ3n) is 6.13. The Morgan fingerprint density at radius 1 is 0.923 bits per heavy atom. The van der Waals surface area contributed by atoms with Crippen molar-refractivity contribution in [2.75, 3.05) is 5.32 Å². The number of rotatable bonds is 8. The number of nitro benzene ring substituents is 1. The molecule has 12 heteroatoms. The highest BCUT2D eigenvalue weighted by molar-refractivity contribution is 7.99. The van der Waals surface area contributed by atoms with E-state index in [2.05, 4.69) is 30.8 Å². The Morgan fingerprint density at radius 2 is 1.72 bits per heavy atom. The fraction of sp³-hybridized carbons (Fsp3) is 0.0741. The molecule has 6 rings (SSSR count). The Hall–Kier alpha value is -5.10. The van der Waals surface area contributed by atoms with Gasteiger partial charge in [0.1, 0.15) is 17.5 Å². The summed E-state index contributed by atoms with van der Waals surface area (Å²) in [6.07, 6.45) is 1.07. The number of para-hydroxylation sites is 1. The third-order valence-corrected chi connectivity index (χ3v) is 7.24. The van der Waals surface area contributed by atoms with E-state index in [-0.39, 0.29) is 5.69 Å². The maximum atomic E-state index is 12.2. The molecule has 6 aromatic rings. The van der Waals surface area contributed by atoms with Crippen LogP contribution >= 0.6 is 11.8 Å². The van der Waals surface area contributed by atoms with Crippen LogP contribution in [0.15, 0.2) is 107 Å². The topological polar surface area (TPSA) is 129 Å². The normalized spacial score (nSPS) is 11.9. The molecule has 0 saturated carbocycles. The monoisotopic (exact) mass is 535 g/mol. The van der Waals surface area contributed by atoms with Crippen molar-refractivity contribution < 1.29 is 4.92 Å². The maximum Gasteiger partial charge on any atom is 0.283 e. The molecule has 11 nitrogen and oxygen atoms in total. The van der Waals surface area contributed by atoms with Gasteiger partial charge in [-0.25, -0.2) is 9.67 Å². The number of aromatic nitrogens is 7. The second-order valence-electron chi connectivity index (χ2n) is 8.60. The summed E-state index contributed by atoms with van der Waals surface area (Å²) in [7, 11) is 1.84. The minimum Gasteiger partial charge on any atom is -0.345 e. The lowest BCUT2D eigenvalue weighted by Crippen LogP contribution is -2.21. The zero-order chi connectivity index (χ0) is 26.8. The molecule has 3 heterocycles. The van der Waals surface area contributed by atoms with E-state index < -0.39 is 11.1 Å². The molecule has 0 fully saturated rings. The van der Waals surface area contributed by atoms with Gasteiger partial charge in [0.2, 0.25) is 0 Å². The van der Waals surface area contributed by atoms with Gasteiger partial charge in [-0.05, 0) is 42.1 Å². The van der Waals surface area contributed by atoms with E-state index in [1.807, 2.05) is 90.5 Å². The first-order valence-electron chi connectivity index (χ1n) is 12.0. The Kier molecular flexibility index (Phi) is 6.43. The van der Waals surface area contributed by atoms with Gasteiger partial charge in [0.05, 0.1) is 15.3 Å². The number of fused-ring (bicyclic) bond motifs is 1. The lowest BCUT2D eigenvalue weighted by molar-refractivity contribution is -0.387. The first-order valence-corrected chi connectivity index (χ1v) is 12.8. The largest absolute Gasteiger partial charge is 0.345 e. The molecule has 0 radical (unpaired) electrons. The summed E-state index contributed by atoms with van der Waals surface area (Å²) in [6, 6.07) is 27.8. The molecule has 0 aliphatic carbocycles. The van der Waals surface area contributed by atoms with Crippen molar-refractivity contribution in [3.05, 3.63) is 113 Å². The van der Waals surface area contributed by atoms with Crippen LogP contribution < -0.4 is 5.32 Å². The Bertz CT molecular complexity index is 1770. The standard InChI is InChI=1S/C27H21N9O2S/c1-34-26(18-9-3-2-4-10-18)31-32-27(34)39-23-15-14-19(17-22(23)36(37)38)25(29-24-13-7-8-16-28-24)35-21-12-6-5-11-20(21)30-33-35/h2-17,25H,1H3,(H,28,29). The predicted molar refractivity (Wildman–Crippen MR) is 147 cm³/mol.